The van der Waals surface area contributed by atoms with Crippen molar-refractivity contribution in [1.29, 1.82) is 0 Å². The van der Waals surface area contributed by atoms with Crippen LogP contribution in [0.4, 0.5) is 5.82 Å². The van der Waals surface area contributed by atoms with Gasteiger partial charge in [0, 0.05) is 37.7 Å². The van der Waals surface area contributed by atoms with Crippen molar-refractivity contribution in [2.24, 2.45) is 0 Å². The first-order chi connectivity index (χ1) is 19.6. The van der Waals surface area contributed by atoms with Gasteiger partial charge in [-0.15, -0.1) is 0 Å². The van der Waals surface area contributed by atoms with Crippen molar-refractivity contribution in [2.75, 3.05) is 44.8 Å². The van der Waals surface area contributed by atoms with E-state index in [1.54, 1.807) is 42.5 Å². The Bertz CT molecular complexity index is 1380. The first kappa shape index (κ1) is 27.1. The number of carbonyl (C=O) groups excluding carboxylic acids is 2. The summed E-state index contributed by atoms with van der Waals surface area (Å²) in [4.78, 5) is 27.1. The van der Waals surface area contributed by atoms with Gasteiger partial charge in [0.15, 0.2) is 5.82 Å². The van der Waals surface area contributed by atoms with Crippen molar-refractivity contribution in [3.05, 3.63) is 96.1 Å². The van der Waals surface area contributed by atoms with E-state index in [2.05, 4.69) is 20.4 Å². The van der Waals surface area contributed by atoms with Gasteiger partial charge in [-0.25, -0.2) is 0 Å². The molecule has 0 aliphatic carbocycles. The molecule has 0 bridgehead atoms. The van der Waals surface area contributed by atoms with Gasteiger partial charge < -0.3 is 19.5 Å². The number of hydrogen-bond acceptors (Lipinski definition) is 7. The van der Waals surface area contributed by atoms with Crippen LogP contribution < -0.4 is 14.8 Å². The molecule has 0 unspecified atom stereocenters. The minimum atomic E-state index is -0.268. The number of H-pyrrole nitrogens is 1. The second kappa shape index (κ2) is 13.5. The molecule has 1 aromatic heterocycles. The van der Waals surface area contributed by atoms with Crippen LogP contribution in [0.3, 0.4) is 0 Å². The molecule has 9 nitrogen and oxygen atoms in total. The van der Waals surface area contributed by atoms with Crippen molar-refractivity contribution in [1.82, 2.24) is 15.1 Å². The maximum absolute atomic E-state index is 12.7. The molecule has 3 aromatic carbocycles. The Balaban J connectivity index is 1.07. The number of amides is 1. The molecular formula is C31H32N4O5. The number of rotatable bonds is 11. The van der Waals surface area contributed by atoms with E-state index >= 15 is 0 Å². The van der Waals surface area contributed by atoms with Crippen LogP contribution in [0.5, 0.6) is 11.5 Å². The highest BCUT2D eigenvalue weighted by Crippen LogP contribution is 2.22. The lowest BCUT2D eigenvalue weighted by Crippen LogP contribution is -2.38. The van der Waals surface area contributed by atoms with Crippen LogP contribution in [0.2, 0.25) is 0 Å². The van der Waals surface area contributed by atoms with Gasteiger partial charge >= 0.3 is 5.97 Å². The zero-order valence-corrected chi connectivity index (χ0v) is 22.2. The molecule has 4 aromatic rings. The first-order valence-corrected chi connectivity index (χ1v) is 13.4. The average molecular weight is 541 g/mol. The number of benzene rings is 3. The fraction of sp³-hybridized carbons (Fsp3) is 0.258. The third-order valence-corrected chi connectivity index (χ3v) is 6.57. The predicted molar refractivity (Wildman–Crippen MR) is 152 cm³/mol. The summed E-state index contributed by atoms with van der Waals surface area (Å²) in [5, 5.41) is 10.0. The maximum atomic E-state index is 12.7. The zero-order valence-electron chi connectivity index (χ0n) is 22.2. The number of aromatic amines is 1. The van der Waals surface area contributed by atoms with Crippen molar-refractivity contribution < 1.29 is 23.8 Å². The number of nitrogens with zero attached hydrogens (tertiary/aromatic N) is 2. The molecule has 0 radical (unpaired) electrons. The third-order valence-electron chi connectivity index (χ3n) is 6.57. The molecule has 40 heavy (non-hydrogen) atoms. The Morgan fingerprint density at radius 1 is 0.925 bits per heavy atom. The topological polar surface area (TPSA) is 106 Å². The number of esters is 1. The molecule has 0 atom stereocenters. The molecule has 0 spiro atoms. The Morgan fingerprint density at radius 3 is 2.42 bits per heavy atom. The number of para-hydroxylation sites is 1. The second-order valence-electron chi connectivity index (χ2n) is 9.43. The van der Waals surface area contributed by atoms with Crippen LogP contribution in [0.25, 0.3) is 11.3 Å². The highest BCUT2D eigenvalue weighted by Gasteiger charge is 2.12. The molecule has 0 saturated carbocycles. The molecule has 2 N–H and O–H groups in total. The highest BCUT2D eigenvalue weighted by molar-refractivity contribution is 6.04. The number of carbonyl (C=O) groups is 2. The van der Waals surface area contributed by atoms with Crippen LogP contribution in [0, 0.1) is 0 Å². The number of anilines is 1. The number of hydrogen-bond donors (Lipinski definition) is 2. The zero-order chi connectivity index (χ0) is 27.6. The number of nitrogens with one attached hydrogen (secondary N) is 2. The van der Waals surface area contributed by atoms with E-state index in [1.165, 1.54) is 0 Å². The van der Waals surface area contributed by atoms with E-state index in [4.69, 9.17) is 14.2 Å². The van der Waals surface area contributed by atoms with E-state index < -0.39 is 0 Å². The molecule has 1 aliphatic rings. The fourth-order valence-electron chi connectivity index (χ4n) is 4.31. The normalized spacial score (nSPS) is 13.5. The molecule has 1 aliphatic heterocycles. The smallest absolute Gasteiger partial charge is 0.311 e. The predicted octanol–water partition coefficient (Wildman–Crippen LogP) is 4.58. The summed E-state index contributed by atoms with van der Waals surface area (Å²) in [6.07, 6.45) is 0.865. The average Bonchev–Trinajstić information content (AvgIpc) is 3.46. The van der Waals surface area contributed by atoms with E-state index in [-0.39, 0.29) is 18.3 Å². The summed E-state index contributed by atoms with van der Waals surface area (Å²) in [5.41, 5.74) is 3.23. The summed E-state index contributed by atoms with van der Waals surface area (Å²) in [5.74, 6) is 1.18. The lowest BCUT2D eigenvalue weighted by Gasteiger charge is -2.26. The van der Waals surface area contributed by atoms with Crippen LogP contribution >= 0.6 is 0 Å². The Morgan fingerprint density at radius 2 is 1.68 bits per heavy atom. The van der Waals surface area contributed by atoms with Crippen molar-refractivity contribution in [3.63, 3.8) is 0 Å². The van der Waals surface area contributed by atoms with Crippen LogP contribution in [-0.4, -0.2) is 66.4 Å². The Labute approximate surface area is 233 Å². The van der Waals surface area contributed by atoms with Crippen molar-refractivity contribution >= 4 is 17.7 Å². The van der Waals surface area contributed by atoms with Gasteiger partial charge in [0.2, 0.25) is 0 Å². The number of morpholine rings is 1. The summed E-state index contributed by atoms with van der Waals surface area (Å²) >= 11 is 0. The standard InChI is InChI=1S/C31H32N4O5/c36-30(40-27-4-2-1-3-5-27)15-8-23-6-9-24(10-7-23)28-22-29(34-33-28)32-31(37)25-11-13-26(14-12-25)39-21-18-35-16-19-38-20-17-35/h1-7,9-14,22H,8,15-21H2,(H2,32,33,34,37). The van der Waals surface area contributed by atoms with E-state index in [0.29, 0.717) is 30.2 Å². The summed E-state index contributed by atoms with van der Waals surface area (Å²) < 4.78 is 16.5. The van der Waals surface area contributed by atoms with Gasteiger partial charge in [-0.2, -0.15) is 5.10 Å². The minimum absolute atomic E-state index is 0.254. The van der Waals surface area contributed by atoms with E-state index in [9.17, 15) is 9.59 Å². The Kier molecular flexibility index (Phi) is 9.18. The minimum Gasteiger partial charge on any atom is -0.492 e. The van der Waals surface area contributed by atoms with E-state index in [1.807, 2.05) is 42.5 Å². The van der Waals surface area contributed by atoms with Gasteiger partial charge in [0.05, 0.1) is 18.9 Å². The van der Waals surface area contributed by atoms with Crippen LogP contribution in [-0.2, 0) is 16.0 Å². The molecule has 1 fully saturated rings. The fourth-order valence-corrected chi connectivity index (χ4v) is 4.31. The monoisotopic (exact) mass is 540 g/mol. The maximum Gasteiger partial charge on any atom is 0.311 e. The molecule has 1 saturated heterocycles. The molecule has 206 valence electrons. The van der Waals surface area contributed by atoms with Crippen LogP contribution in [0.15, 0.2) is 84.9 Å². The summed E-state index contributed by atoms with van der Waals surface area (Å²) in [6.45, 7) is 4.82. The van der Waals surface area contributed by atoms with Gasteiger partial charge in [-0.1, -0.05) is 42.5 Å². The van der Waals surface area contributed by atoms with Crippen molar-refractivity contribution in [2.45, 2.75) is 12.8 Å². The van der Waals surface area contributed by atoms with Crippen molar-refractivity contribution in [3.8, 4) is 22.8 Å². The van der Waals surface area contributed by atoms with Gasteiger partial charge in [0.25, 0.3) is 5.91 Å². The molecule has 9 heteroatoms. The molecular weight excluding hydrogens is 508 g/mol. The largest absolute Gasteiger partial charge is 0.492 e. The molecule has 1 amide bonds. The summed E-state index contributed by atoms with van der Waals surface area (Å²) in [7, 11) is 0. The SMILES string of the molecule is O=C(CCc1ccc(-c2cc(NC(=O)c3ccc(OCCN4CCOCC4)cc3)n[nH]2)cc1)Oc1ccccc1. The first-order valence-electron chi connectivity index (χ1n) is 13.4. The third kappa shape index (κ3) is 7.78. The second-order valence-corrected chi connectivity index (χ2v) is 9.43. The molecule has 2 heterocycles. The number of aryl methyl sites for hydroxylation is 1. The van der Waals surface area contributed by atoms with Crippen LogP contribution in [0.1, 0.15) is 22.3 Å². The van der Waals surface area contributed by atoms with Gasteiger partial charge in [-0.05, 0) is 53.9 Å². The quantitative estimate of drug-likeness (QED) is 0.212. The van der Waals surface area contributed by atoms with Gasteiger partial charge in [-0.3, -0.25) is 19.6 Å². The number of aromatic nitrogens is 2. The Hall–Kier alpha value is -4.47. The van der Waals surface area contributed by atoms with E-state index in [0.717, 1.165) is 55.4 Å². The lowest BCUT2D eigenvalue weighted by molar-refractivity contribution is -0.134. The lowest BCUT2D eigenvalue weighted by atomic mass is 10.1. The highest BCUT2D eigenvalue weighted by atomic mass is 16.5. The number of ether oxygens (including phenoxy) is 3. The molecule has 5 rings (SSSR count). The van der Waals surface area contributed by atoms with Gasteiger partial charge in [0.1, 0.15) is 18.1 Å². The summed E-state index contributed by atoms with van der Waals surface area (Å²) in [6, 6.07) is 25.7.